The quantitative estimate of drug-likeness (QED) is 0.699. The maximum atomic E-state index is 10.1. The Morgan fingerprint density at radius 2 is 0.824 bits per heavy atom. The van der Waals surface area contributed by atoms with E-state index < -0.39 is 0 Å². The highest BCUT2D eigenvalue weighted by molar-refractivity contribution is 5.32. The van der Waals surface area contributed by atoms with Gasteiger partial charge in [-0.25, -0.2) is 0 Å². The Balaban J connectivity index is 1.46. The highest BCUT2D eigenvalue weighted by Crippen LogP contribution is 2.18. The van der Waals surface area contributed by atoms with Crippen LogP contribution in [0.1, 0.15) is 11.1 Å². The van der Waals surface area contributed by atoms with Gasteiger partial charge in [-0.05, 0) is 12.1 Å². The Kier molecular flexibility index (Phi) is 12.2. The van der Waals surface area contributed by atoms with Crippen LogP contribution in [0.15, 0.2) is 48.5 Å². The standard InChI is InChI=1S/C26H38N2O6/c29-25-7-3-1-5-23(25)21-27-9-13-31-17-19-33-15-11-28(12-16-34-20-18-32-14-10-27)22-24-6-2-4-8-26(24)30/h1-8,29-30H,9-22H2. The number of aromatic hydroxyl groups is 2. The monoisotopic (exact) mass is 474 g/mol. The first-order valence-electron chi connectivity index (χ1n) is 12.0. The third-order valence-corrected chi connectivity index (χ3v) is 5.72. The highest BCUT2D eigenvalue weighted by Gasteiger charge is 2.11. The molecule has 2 N–H and O–H groups in total. The van der Waals surface area contributed by atoms with Crippen molar-refractivity contribution in [2.45, 2.75) is 13.1 Å². The van der Waals surface area contributed by atoms with Crippen molar-refractivity contribution in [2.24, 2.45) is 0 Å². The van der Waals surface area contributed by atoms with Crippen molar-refractivity contribution in [2.75, 3.05) is 79.0 Å². The molecule has 8 nitrogen and oxygen atoms in total. The van der Waals surface area contributed by atoms with Crippen LogP contribution < -0.4 is 0 Å². The average Bonchev–Trinajstić information content (AvgIpc) is 2.84. The molecule has 1 aliphatic heterocycles. The Labute approximate surface area is 202 Å². The van der Waals surface area contributed by atoms with Gasteiger partial charge in [0, 0.05) is 50.4 Å². The van der Waals surface area contributed by atoms with Gasteiger partial charge in [0.1, 0.15) is 11.5 Å². The van der Waals surface area contributed by atoms with Crippen LogP contribution in [0.5, 0.6) is 11.5 Å². The first-order valence-corrected chi connectivity index (χ1v) is 12.0. The molecule has 0 amide bonds. The smallest absolute Gasteiger partial charge is 0.120 e. The predicted molar refractivity (Wildman–Crippen MR) is 130 cm³/mol. The Bertz CT molecular complexity index is 734. The molecule has 8 heteroatoms. The van der Waals surface area contributed by atoms with Gasteiger partial charge in [-0.2, -0.15) is 0 Å². The van der Waals surface area contributed by atoms with Gasteiger partial charge in [0.05, 0.1) is 52.9 Å². The van der Waals surface area contributed by atoms with Gasteiger partial charge in [0.25, 0.3) is 0 Å². The van der Waals surface area contributed by atoms with E-state index in [-0.39, 0.29) is 0 Å². The van der Waals surface area contributed by atoms with Crippen molar-refractivity contribution in [1.29, 1.82) is 0 Å². The molecule has 188 valence electrons. The number of phenolic OH excluding ortho intramolecular Hbond substituents is 2. The first kappa shape index (κ1) is 26.4. The zero-order chi connectivity index (χ0) is 23.8. The van der Waals surface area contributed by atoms with Gasteiger partial charge in [0.2, 0.25) is 0 Å². The molecule has 0 unspecified atom stereocenters. The van der Waals surface area contributed by atoms with Crippen molar-refractivity contribution in [3.05, 3.63) is 59.7 Å². The van der Waals surface area contributed by atoms with Crippen molar-refractivity contribution in [3.63, 3.8) is 0 Å². The van der Waals surface area contributed by atoms with Gasteiger partial charge in [-0.3, -0.25) is 9.80 Å². The minimum Gasteiger partial charge on any atom is -0.508 e. The predicted octanol–water partition coefficient (Wildman–Crippen LogP) is 2.48. The molecule has 0 spiro atoms. The Morgan fingerprint density at radius 1 is 0.500 bits per heavy atom. The molecular weight excluding hydrogens is 436 g/mol. The summed E-state index contributed by atoms with van der Waals surface area (Å²) in [7, 11) is 0. The fourth-order valence-corrected chi connectivity index (χ4v) is 3.73. The SMILES string of the molecule is Oc1ccccc1CN1CCOCCOCCN(Cc2ccccc2O)CCOCCOCC1. The second-order valence-electron chi connectivity index (χ2n) is 8.26. The minimum atomic E-state index is 0.308. The summed E-state index contributed by atoms with van der Waals surface area (Å²) >= 11 is 0. The van der Waals surface area contributed by atoms with E-state index in [1.54, 1.807) is 12.1 Å². The topological polar surface area (TPSA) is 83.9 Å². The maximum Gasteiger partial charge on any atom is 0.120 e. The van der Waals surface area contributed by atoms with E-state index in [2.05, 4.69) is 9.80 Å². The summed E-state index contributed by atoms with van der Waals surface area (Å²) in [4.78, 5) is 4.44. The zero-order valence-corrected chi connectivity index (χ0v) is 19.9. The number of hydrogen-bond donors (Lipinski definition) is 2. The molecule has 0 aliphatic carbocycles. The van der Waals surface area contributed by atoms with Crippen molar-refractivity contribution < 1.29 is 29.2 Å². The van der Waals surface area contributed by atoms with E-state index in [1.165, 1.54) is 0 Å². The maximum absolute atomic E-state index is 10.1. The molecule has 1 aliphatic rings. The van der Waals surface area contributed by atoms with Crippen LogP contribution in [0, 0.1) is 0 Å². The lowest BCUT2D eigenvalue weighted by Crippen LogP contribution is -2.32. The summed E-state index contributed by atoms with van der Waals surface area (Å²) in [5, 5.41) is 20.2. The third kappa shape index (κ3) is 9.97. The van der Waals surface area contributed by atoms with E-state index in [0.29, 0.717) is 77.4 Å². The number of nitrogens with zero attached hydrogens (tertiary/aromatic N) is 2. The van der Waals surface area contributed by atoms with E-state index in [4.69, 9.17) is 18.9 Å². The molecule has 34 heavy (non-hydrogen) atoms. The van der Waals surface area contributed by atoms with Crippen molar-refractivity contribution >= 4 is 0 Å². The van der Waals surface area contributed by atoms with Gasteiger partial charge in [-0.15, -0.1) is 0 Å². The summed E-state index contributed by atoms with van der Waals surface area (Å²) in [6.07, 6.45) is 0. The fraction of sp³-hybridized carbons (Fsp3) is 0.538. The largest absolute Gasteiger partial charge is 0.508 e. The van der Waals surface area contributed by atoms with E-state index in [0.717, 1.165) is 37.3 Å². The molecule has 2 aromatic rings. The Morgan fingerprint density at radius 3 is 1.15 bits per heavy atom. The second-order valence-corrected chi connectivity index (χ2v) is 8.26. The van der Waals surface area contributed by atoms with Gasteiger partial charge in [0.15, 0.2) is 0 Å². The van der Waals surface area contributed by atoms with Gasteiger partial charge >= 0.3 is 0 Å². The molecule has 0 atom stereocenters. The number of para-hydroxylation sites is 2. The third-order valence-electron chi connectivity index (χ3n) is 5.72. The van der Waals surface area contributed by atoms with Crippen LogP contribution >= 0.6 is 0 Å². The lowest BCUT2D eigenvalue weighted by molar-refractivity contribution is 0.00611. The molecule has 2 aromatic carbocycles. The lowest BCUT2D eigenvalue weighted by Gasteiger charge is -2.24. The lowest BCUT2D eigenvalue weighted by atomic mass is 10.2. The average molecular weight is 475 g/mol. The molecule has 0 saturated carbocycles. The number of phenols is 2. The molecule has 1 saturated heterocycles. The van der Waals surface area contributed by atoms with Crippen LogP contribution in [-0.2, 0) is 32.0 Å². The molecule has 1 heterocycles. The normalized spacial score (nSPS) is 19.3. The van der Waals surface area contributed by atoms with Crippen LogP contribution in [0.25, 0.3) is 0 Å². The number of hydrogen-bond acceptors (Lipinski definition) is 8. The van der Waals surface area contributed by atoms with Gasteiger partial charge < -0.3 is 29.2 Å². The fourth-order valence-electron chi connectivity index (χ4n) is 3.73. The number of benzene rings is 2. The molecular formula is C26H38N2O6. The molecule has 0 aromatic heterocycles. The summed E-state index contributed by atoms with van der Waals surface area (Å²) in [6, 6.07) is 14.8. The Hall–Kier alpha value is -2.20. The van der Waals surface area contributed by atoms with Crippen LogP contribution in [0.4, 0.5) is 0 Å². The van der Waals surface area contributed by atoms with E-state index in [1.807, 2.05) is 36.4 Å². The summed E-state index contributed by atoms with van der Waals surface area (Å²) < 4.78 is 23.1. The van der Waals surface area contributed by atoms with Gasteiger partial charge in [-0.1, -0.05) is 36.4 Å². The minimum absolute atomic E-state index is 0.308. The van der Waals surface area contributed by atoms with Crippen LogP contribution in [0.3, 0.4) is 0 Å². The zero-order valence-electron chi connectivity index (χ0n) is 19.9. The van der Waals surface area contributed by atoms with E-state index in [9.17, 15) is 10.2 Å². The van der Waals surface area contributed by atoms with E-state index >= 15 is 0 Å². The number of rotatable bonds is 4. The van der Waals surface area contributed by atoms with Crippen molar-refractivity contribution in [1.82, 2.24) is 9.80 Å². The van der Waals surface area contributed by atoms with Crippen LogP contribution in [-0.4, -0.2) is 99.0 Å². The molecule has 3 rings (SSSR count). The van der Waals surface area contributed by atoms with Crippen molar-refractivity contribution in [3.8, 4) is 11.5 Å². The molecule has 0 bridgehead atoms. The highest BCUT2D eigenvalue weighted by atomic mass is 16.5. The molecule has 1 fully saturated rings. The number of ether oxygens (including phenoxy) is 4. The van der Waals surface area contributed by atoms with Crippen LogP contribution in [0.2, 0.25) is 0 Å². The second kappa shape index (κ2) is 15.7. The first-order chi connectivity index (χ1) is 16.7. The summed E-state index contributed by atoms with van der Waals surface area (Å²) in [5.41, 5.74) is 1.79. The molecule has 0 radical (unpaired) electrons. The summed E-state index contributed by atoms with van der Waals surface area (Å²) in [5.74, 6) is 0.615. The summed E-state index contributed by atoms with van der Waals surface area (Å²) in [6.45, 7) is 8.69.